The number of rotatable bonds is 10. The average Bonchev–Trinajstić information content (AvgIpc) is 3.69. The van der Waals surface area contributed by atoms with Crippen molar-refractivity contribution < 1.29 is 36.3 Å². The molecular weight excluding hydrogens is 659 g/mol. The predicted octanol–water partition coefficient (Wildman–Crippen LogP) is 5.54. The number of alkyl halides is 5. The Hall–Kier alpha value is -5.11. The summed E-state index contributed by atoms with van der Waals surface area (Å²) in [7, 11) is 0. The molecule has 1 aromatic heterocycles. The Labute approximate surface area is 285 Å². The van der Waals surface area contributed by atoms with Gasteiger partial charge < -0.3 is 10.6 Å². The average molecular weight is 695 g/mol. The number of carbonyl (C=O) groups excluding carboxylic acids is 3. The largest absolute Gasteiger partial charge is 0.416 e. The second-order valence-corrected chi connectivity index (χ2v) is 12.4. The lowest BCUT2D eigenvalue weighted by molar-refractivity contribution is -0.137. The number of para-hydroxylation sites is 1. The van der Waals surface area contributed by atoms with Crippen molar-refractivity contribution >= 4 is 23.5 Å². The Morgan fingerprint density at radius 1 is 1.00 bits per heavy atom. The van der Waals surface area contributed by atoms with E-state index in [-0.39, 0.29) is 57.0 Å². The van der Waals surface area contributed by atoms with Gasteiger partial charge in [0.05, 0.1) is 24.0 Å². The van der Waals surface area contributed by atoms with Crippen LogP contribution >= 0.6 is 0 Å². The van der Waals surface area contributed by atoms with Crippen LogP contribution in [0.3, 0.4) is 0 Å². The number of amides is 3. The van der Waals surface area contributed by atoms with Crippen LogP contribution in [0.15, 0.2) is 85.1 Å². The molecule has 0 saturated carbocycles. The molecule has 2 aliphatic heterocycles. The highest BCUT2D eigenvalue weighted by molar-refractivity contribution is 6.05. The highest BCUT2D eigenvalue weighted by Crippen LogP contribution is 2.42. The molecule has 0 radical (unpaired) electrons. The van der Waals surface area contributed by atoms with Gasteiger partial charge in [0.25, 0.3) is 17.7 Å². The molecule has 2 N–H and O–H groups in total. The minimum Gasteiger partial charge on any atom is -0.352 e. The van der Waals surface area contributed by atoms with Crippen molar-refractivity contribution in [3.63, 3.8) is 0 Å². The van der Waals surface area contributed by atoms with Gasteiger partial charge in [0.2, 0.25) is 5.91 Å². The lowest BCUT2D eigenvalue weighted by atomic mass is 9.81. The summed E-state index contributed by atoms with van der Waals surface area (Å²) in [4.78, 5) is 43.5. The first-order chi connectivity index (χ1) is 23.8. The number of halogens is 5. The van der Waals surface area contributed by atoms with Gasteiger partial charge in [-0.2, -0.15) is 18.3 Å². The fourth-order valence-corrected chi connectivity index (χ4v) is 6.52. The molecule has 2 atom stereocenters. The Bertz CT molecular complexity index is 1880. The number of aromatic nitrogens is 2. The molecule has 1 fully saturated rings. The zero-order valence-electron chi connectivity index (χ0n) is 27.1. The summed E-state index contributed by atoms with van der Waals surface area (Å²) in [5.74, 6) is -4.70. The van der Waals surface area contributed by atoms with E-state index >= 15 is 0 Å². The molecule has 6 rings (SSSR count). The van der Waals surface area contributed by atoms with E-state index in [1.54, 1.807) is 47.0 Å². The van der Waals surface area contributed by atoms with Crippen molar-refractivity contribution in [1.29, 1.82) is 0 Å². The van der Waals surface area contributed by atoms with E-state index < -0.39 is 41.4 Å². The van der Waals surface area contributed by atoms with E-state index in [9.17, 15) is 36.3 Å². The second-order valence-electron chi connectivity index (χ2n) is 12.4. The number of likely N-dealkylation sites (tertiary alicyclic amines) is 1. The summed E-state index contributed by atoms with van der Waals surface area (Å²) >= 11 is 0. The highest BCUT2D eigenvalue weighted by atomic mass is 19.4. The van der Waals surface area contributed by atoms with Crippen LogP contribution in [-0.2, 0) is 22.3 Å². The Morgan fingerprint density at radius 3 is 2.46 bits per heavy atom. The minimum atomic E-state index is -4.67. The number of fused-ring (bicyclic) bond motifs is 1. The van der Waals surface area contributed by atoms with Crippen molar-refractivity contribution in [1.82, 2.24) is 25.3 Å². The van der Waals surface area contributed by atoms with Gasteiger partial charge in [0.15, 0.2) is 0 Å². The first kappa shape index (κ1) is 34.7. The number of nitrogens with zero attached hydrogens (tertiary/aromatic N) is 4. The molecule has 3 amide bonds. The highest BCUT2D eigenvalue weighted by Gasteiger charge is 2.44. The van der Waals surface area contributed by atoms with E-state index in [4.69, 9.17) is 0 Å². The molecule has 9 nitrogen and oxygen atoms in total. The number of benzene rings is 3. The summed E-state index contributed by atoms with van der Waals surface area (Å²) in [5, 5.41) is 10.2. The molecule has 1 saturated heterocycles. The van der Waals surface area contributed by atoms with Crippen molar-refractivity contribution in [3.8, 4) is 5.69 Å². The number of anilines is 1. The fourth-order valence-electron chi connectivity index (χ4n) is 6.52. The van der Waals surface area contributed by atoms with Crippen LogP contribution in [0.25, 0.3) is 5.69 Å². The van der Waals surface area contributed by atoms with Crippen molar-refractivity contribution in [3.05, 3.63) is 113 Å². The molecule has 2 aliphatic rings. The molecule has 0 bridgehead atoms. The molecule has 50 heavy (non-hydrogen) atoms. The van der Waals surface area contributed by atoms with Gasteiger partial charge in [-0.1, -0.05) is 48.5 Å². The maximum Gasteiger partial charge on any atom is 0.416 e. The molecule has 3 aromatic carbocycles. The molecule has 4 aromatic rings. The molecule has 0 spiro atoms. The summed E-state index contributed by atoms with van der Waals surface area (Å²) in [5.41, 5.74) is 1.32. The van der Waals surface area contributed by atoms with Gasteiger partial charge in [0.1, 0.15) is 11.9 Å². The smallest absolute Gasteiger partial charge is 0.352 e. The van der Waals surface area contributed by atoms with Crippen LogP contribution in [0.5, 0.6) is 0 Å². The SMILES string of the molecule is CCN1C(=O)[C@H](NC(=O)c2cccc(C(F)(F)F)c2)[C@@H](c2cccc(CNC(=O)CCN3CCC(F)(F)C3)c2)c2cnn(-c3ccccc3)c21. The molecule has 0 unspecified atom stereocenters. The molecule has 14 heteroatoms. The topological polar surface area (TPSA) is 99.6 Å². The molecule has 262 valence electrons. The number of hydrogen-bond donors (Lipinski definition) is 2. The summed E-state index contributed by atoms with van der Waals surface area (Å²) < 4.78 is 69.1. The standard InChI is InChI=1S/C36H35F5N6O3/c1-2-46-33-28(21-43-47(33)27-12-4-3-5-13-27)30(31(34(46)50)44-32(49)25-10-7-11-26(19-25)36(39,40)41)24-9-6-8-23(18-24)20-42-29(48)14-16-45-17-15-35(37,38)22-45/h3-13,18-19,21,30-31H,2,14-17,20,22H2,1H3,(H,42,48)(H,44,49)/t30-,31+/m0/s1. The van der Waals surface area contributed by atoms with Crippen molar-refractivity contribution in [2.24, 2.45) is 0 Å². The number of carbonyl (C=O) groups is 3. The van der Waals surface area contributed by atoms with Crippen LogP contribution in [-0.4, -0.2) is 70.5 Å². The number of hydrogen-bond acceptors (Lipinski definition) is 5. The molecule has 3 heterocycles. The Morgan fingerprint density at radius 2 is 1.76 bits per heavy atom. The third-order valence-corrected chi connectivity index (χ3v) is 8.99. The summed E-state index contributed by atoms with van der Waals surface area (Å²) in [6.07, 6.45) is -3.24. The Kier molecular flexibility index (Phi) is 9.74. The summed E-state index contributed by atoms with van der Waals surface area (Å²) in [6.45, 7) is 2.17. The maximum absolute atomic E-state index is 14.3. The van der Waals surface area contributed by atoms with E-state index in [1.165, 1.54) is 11.0 Å². The maximum atomic E-state index is 14.3. The lowest BCUT2D eigenvalue weighted by Gasteiger charge is -2.38. The quantitative estimate of drug-likeness (QED) is 0.213. The van der Waals surface area contributed by atoms with Gasteiger partial charge in [0, 0.05) is 56.1 Å². The van der Waals surface area contributed by atoms with Gasteiger partial charge >= 0.3 is 6.18 Å². The normalized spacial score (nSPS) is 18.9. The van der Waals surface area contributed by atoms with E-state index in [0.717, 1.165) is 18.2 Å². The first-order valence-electron chi connectivity index (χ1n) is 16.2. The predicted molar refractivity (Wildman–Crippen MR) is 175 cm³/mol. The molecular formula is C36H35F5N6O3. The minimum absolute atomic E-state index is 0.0470. The van der Waals surface area contributed by atoms with Crippen LogP contribution in [0.4, 0.5) is 27.8 Å². The second kappa shape index (κ2) is 14.0. The van der Waals surface area contributed by atoms with Gasteiger partial charge in [-0.3, -0.25) is 24.2 Å². The van der Waals surface area contributed by atoms with E-state index in [2.05, 4.69) is 15.7 Å². The zero-order chi connectivity index (χ0) is 35.6. The van der Waals surface area contributed by atoms with Crippen molar-refractivity contribution in [2.75, 3.05) is 31.1 Å². The van der Waals surface area contributed by atoms with Crippen LogP contribution in [0.1, 0.15) is 58.3 Å². The number of likely N-dealkylation sites (N-methyl/N-ethyl adjacent to an activating group) is 1. The first-order valence-corrected chi connectivity index (χ1v) is 16.2. The van der Waals surface area contributed by atoms with Gasteiger partial charge in [-0.15, -0.1) is 0 Å². The third-order valence-electron chi connectivity index (χ3n) is 8.99. The fraction of sp³-hybridized carbons (Fsp3) is 0.333. The summed E-state index contributed by atoms with van der Waals surface area (Å²) in [6, 6.07) is 19.0. The number of nitrogens with one attached hydrogen (secondary N) is 2. The molecule has 0 aliphatic carbocycles. The van der Waals surface area contributed by atoms with Crippen LogP contribution in [0, 0.1) is 0 Å². The Balaban J connectivity index is 1.31. The van der Waals surface area contributed by atoms with Crippen LogP contribution in [0.2, 0.25) is 0 Å². The van der Waals surface area contributed by atoms with Crippen molar-refractivity contribution in [2.45, 2.75) is 50.4 Å². The van der Waals surface area contributed by atoms with Gasteiger partial charge in [-0.25, -0.2) is 13.5 Å². The van der Waals surface area contributed by atoms with E-state index in [1.807, 2.05) is 30.3 Å². The lowest BCUT2D eigenvalue weighted by Crippen LogP contribution is -2.55. The monoisotopic (exact) mass is 694 g/mol. The van der Waals surface area contributed by atoms with Crippen LogP contribution < -0.4 is 15.5 Å². The third kappa shape index (κ3) is 7.39. The van der Waals surface area contributed by atoms with Gasteiger partial charge in [-0.05, 0) is 48.4 Å². The zero-order valence-corrected chi connectivity index (χ0v) is 27.1. The van der Waals surface area contributed by atoms with E-state index in [0.29, 0.717) is 28.2 Å².